The van der Waals surface area contributed by atoms with E-state index in [1.54, 1.807) is 0 Å². The van der Waals surface area contributed by atoms with E-state index < -0.39 is 0 Å². The average molecular weight is 213 g/mol. The van der Waals surface area contributed by atoms with Crippen LogP contribution in [0.15, 0.2) is 42.5 Å². The molecule has 2 aromatic rings. The highest BCUT2D eigenvalue weighted by atomic mass is 16.1. The van der Waals surface area contributed by atoms with Crippen LogP contribution in [-0.2, 0) is 4.79 Å². The van der Waals surface area contributed by atoms with Gasteiger partial charge in [0.25, 0.3) is 0 Å². The molecule has 16 heavy (non-hydrogen) atoms. The Balaban J connectivity index is 2.41. The molecule has 2 rings (SSSR count). The monoisotopic (exact) mass is 213 g/mol. The van der Waals surface area contributed by atoms with Crippen LogP contribution in [0.4, 0.5) is 5.69 Å². The molecule has 0 saturated carbocycles. The largest absolute Gasteiger partial charge is 0.325 e. The quantitative estimate of drug-likeness (QED) is 0.813. The van der Waals surface area contributed by atoms with Crippen molar-refractivity contribution in [1.82, 2.24) is 0 Å². The van der Waals surface area contributed by atoms with Crippen LogP contribution in [0.1, 0.15) is 13.8 Å². The second-order valence-corrected chi connectivity index (χ2v) is 4.17. The molecule has 1 amide bonds. The van der Waals surface area contributed by atoms with Gasteiger partial charge in [-0.3, -0.25) is 4.79 Å². The Morgan fingerprint density at radius 1 is 1.06 bits per heavy atom. The molecule has 0 aromatic heterocycles. The van der Waals surface area contributed by atoms with Crippen LogP contribution in [0.5, 0.6) is 0 Å². The minimum atomic E-state index is -0.000955. The molecule has 0 aliphatic heterocycles. The fraction of sp³-hybridized carbons (Fsp3) is 0.214. The predicted octanol–water partition coefficient (Wildman–Crippen LogP) is 3.43. The fourth-order valence-corrected chi connectivity index (χ4v) is 1.61. The highest BCUT2D eigenvalue weighted by Crippen LogP contribution is 2.23. The first-order valence-electron chi connectivity index (χ1n) is 5.47. The maximum Gasteiger partial charge on any atom is 0.226 e. The summed E-state index contributed by atoms with van der Waals surface area (Å²) < 4.78 is 0. The zero-order valence-electron chi connectivity index (χ0n) is 9.53. The lowest BCUT2D eigenvalue weighted by Crippen LogP contribution is -2.17. The van der Waals surface area contributed by atoms with Crippen LogP contribution in [0, 0.1) is 5.92 Å². The molecule has 1 N–H and O–H groups in total. The molecule has 82 valence electrons. The molecule has 2 heteroatoms. The first-order chi connectivity index (χ1) is 7.68. The molecule has 0 aliphatic carbocycles. The molecule has 0 heterocycles. The summed E-state index contributed by atoms with van der Waals surface area (Å²) in [6, 6.07) is 14.0. The van der Waals surface area contributed by atoms with Gasteiger partial charge in [0.2, 0.25) is 5.91 Å². The van der Waals surface area contributed by atoms with E-state index >= 15 is 0 Å². The Labute approximate surface area is 95.3 Å². The van der Waals surface area contributed by atoms with Gasteiger partial charge in [-0.2, -0.15) is 0 Å². The van der Waals surface area contributed by atoms with Crippen molar-refractivity contribution in [2.45, 2.75) is 13.8 Å². The summed E-state index contributed by atoms with van der Waals surface area (Å²) in [7, 11) is 0. The molecule has 0 bridgehead atoms. The van der Waals surface area contributed by atoms with Gasteiger partial charge in [0.1, 0.15) is 0 Å². The van der Waals surface area contributed by atoms with Crippen molar-refractivity contribution in [3.05, 3.63) is 42.5 Å². The lowest BCUT2D eigenvalue weighted by molar-refractivity contribution is -0.118. The summed E-state index contributed by atoms with van der Waals surface area (Å²) in [5.74, 6) is 0.0512. The highest BCUT2D eigenvalue weighted by molar-refractivity contribution is 6.02. The van der Waals surface area contributed by atoms with Crippen LogP contribution in [0.2, 0.25) is 0 Å². The highest BCUT2D eigenvalue weighted by Gasteiger charge is 2.08. The molecular weight excluding hydrogens is 198 g/mol. The van der Waals surface area contributed by atoms with Crippen LogP contribution in [0.3, 0.4) is 0 Å². The Morgan fingerprint density at radius 2 is 1.75 bits per heavy atom. The lowest BCUT2D eigenvalue weighted by Gasteiger charge is -2.10. The molecule has 0 fully saturated rings. The molecule has 0 saturated heterocycles. The number of anilines is 1. The van der Waals surface area contributed by atoms with Crippen molar-refractivity contribution in [3.63, 3.8) is 0 Å². The smallest absolute Gasteiger partial charge is 0.226 e. The van der Waals surface area contributed by atoms with Gasteiger partial charge in [-0.15, -0.1) is 0 Å². The number of fused-ring (bicyclic) bond motifs is 1. The van der Waals surface area contributed by atoms with Gasteiger partial charge in [-0.1, -0.05) is 50.2 Å². The molecular formula is C14H15NO. The van der Waals surface area contributed by atoms with E-state index in [1.807, 2.05) is 56.3 Å². The van der Waals surface area contributed by atoms with Gasteiger partial charge in [-0.25, -0.2) is 0 Å². The third-order valence-electron chi connectivity index (χ3n) is 2.57. The zero-order chi connectivity index (χ0) is 11.5. The van der Waals surface area contributed by atoms with E-state index in [0.29, 0.717) is 0 Å². The standard InChI is InChI=1S/C14H15NO/c1-10(2)14(16)15-13-9-5-7-11-6-3-4-8-12(11)13/h3-10H,1-2H3,(H,15,16). The number of nitrogens with one attached hydrogen (secondary N) is 1. The number of carbonyl (C=O) groups excluding carboxylic acids is 1. The van der Waals surface area contributed by atoms with E-state index in [9.17, 15) is 4.79 Å². The van der Waals surface area contributed by atoms with Gasteiger partial charge >= 0.3 is 0 Å². The third kappa shape index (κ3) is 2.06. The van der Waals surface area contributed by atoms with Gasteiger partial charge in [0.05, 0.1) is 0 Å². The van der Waals surface area contributed by atoms with Crippen molar-refractivity contribution < 1.29 is 4.79 Å². The van der Waals surface area contributed by atoms with Crippen molar-refractivity contribution >= 4 is 22.4 Å². The minimum Gasteiger partial charge on any atom is -0.325 e. The number of hydrogen-bond acceptors (Lipinski definition) is 1. The number of rotatable bonds is 2. The molecule has 0 unspecified atom stereocenters. The second-order valence-electron chi connectivity index (χ2n) is 4.17. The van der Waals surface area contributed by atoms with Crippen molar-refractivity contribution in [3.8, 4) is 0 Å². The lowest BCUT2D eigenvalue weighted by atomic mass is 10.1. The van der Waals surface area contributed by atoms with Crippen molar-refractivity contribution in [1.29, 1.82) is 0 Å². The van der Waals surface area contributed by atoms with Crippen LogP contribution < -0.4 is 5.32 Å². The van der Waals surface area contributed by atoms with Crippen molar-refractivity contribution in [2.24, 2.45) is 5.92 Å². The van der Waals surface area contributed by atoms with E-state index in [2.05, 4.69) is 5.32 Å². The fourth-order valence-electron chi connectivity index (χ4n) is 1.61. The first kappa shape index (κ1) is 10.7. The summed E-state index contributed by atoms with van der Waals surface area (Å²) in [5, 5.41) is 5.17. The number of hydrogen-bond donors (Lipinski definition) is 1. The molecule has 2 aromatic carbocycles. The van der Waals surface area contributed by atoms with Crippen molar-refractivity contribution in [2.75, 3.05) is 5.32 Å². The summed E-state index contributed by atoms with van der Waals surface area (Å²) in [6.45, 7) is 3.78. The van der Waals surface area contributed by atoms with Gasteiger partial charge in [-0.05, 0) is 11.5 Å². The molecule has 0 aliphatic rings. The Hall–Kier alpha value is -1.83. The zero-order valence-corrected chi connectivity index (χ0v) is 9.53. The van der Waals surface area contributed by atoms with Gasteiger partial charge < -0.3 is 5.32 Å². The summed E-state index contributed by atoms with van der Waals surface area (Å²) in [5.41, 5.74) is 0.886. The maximum atomic E-state index is 11.6. The minimum absolute atomic E-state index is 0.000955. The third-order valence-corrected chi connectivity index (χ3v) is 2.57. The Kier molecular flexibility index (Phi) is 2.91. The molecule has 0 spiro atoms. The Bertz CT molecular complexity index is 512. The molecule has 0 radical (unpaired) electrons. The number of benzene rings is 2. The average Bonchev–Trinajstić information content (AvgIpc) is 2.29. The summed E-state index contributed by atoms with van der Waals surface area (Å²) in [6.07, 6.45) is 0. The predicted molar refractivity (Wildman–Crippen MR) is 67.4 cm³/mol. The van der Waals surface area contributed by atoms with Gasteiger partial charge in [0.15, 0.2) is 0 Å². The summed E-state index contributed by atoms with van der Waals surface area (Å²) in [4.78, 5) is 11.6. The maximum absolute atomic E-state index is 11.6. The van der Waals surface area contributed by atoms with Crippen LogP contribution in [0.25, 0.3) is 10.8 Å². The van der Waals surface area contributed by atoms with E-state index in [-0.39, 0.29) is 11.8 Å². The van der Waals surface area contributed by atoms with E-state index in [4.69, 9.17) is 0 Å². The Morgan fingerprint density at radius 3 is 2.50 bits per heavy atom. The SMILES string of the molecule is CC(C)C(=O)Nc1cccc2ccccc12. The topological polar surface area (TPSA) is 29.1 Å². The van der Waals surface area contributed by atoms with Crippen LogP contribution in [-0.4, -0.2) is 5.91 Å². The number of carbonyl (C=O) groups is 1. The van der Waals surface area contributed by atoms with Crippen LogP contribution >= 0.6 is 0 Å². The number of amides is 1. The molecule has 0 atom stereocenters. The van der Waals surface area contributed by atoms with E-state index in [1.165, 1.54) is 0 Å². The summed E-state index contributed by atoms with van der Waals surface area (Å²) >= 11 is 0. The van der Waals surface area contributed by atoms with E-state index in [0.717, 1.165) is 16.5 Å². The molecule has 2 nitrogen and oxygen atoms in total. The normalized spacial score (nSPS) is 10.7. The first-order valence-corrected chi connectivity index (χ1v) is 5.47. The second kappa shape index (κ2) is 4.35. The van der Waals surface area contributed by atoms with Gasteiger partial charge in [0, 0.05) is 17.0 Å².